The number of piperazine rings is 1. The Hall–Kier alpha value is -3.28. The van der Waals surface area contributed by atoms with Gasteiger partial charge in [0.1, 0.15) is 18.1 Å². The van der Waals surface area contributed by atoms with Crippen molar-refractivity contribution >= 4 is 23.6 Å². The van der Waals surface area contributed by atoms with Gasteiger partial charge in [0.25, 0.3) is 0 Å². The monoisotopic (exact) mass is 490 g/mol. The van der Waals surface area contributed by atoms with Gasteiger partial charge in [0.2, 0.25) is 5.91 Å². The zero-order valence-electron chi connectivity index (χ0n) is 20.2. The van der Waals surface area contributed by atoms with E-state index in [4.69, 9.17) is 21.1 Å². The second-order valence-electron chi connectivity index (χ2n) is 8.74. The van der Waals surface area contributed by atoms with Gasteiger partial charge in [-0.05, 0) is 66.1 Å². The normalized spacial score (nSPS) is 14.3. The minimum Gasteiger partial charge on any atom is -0.496 e. The predicted octanol–water partition coefficient (Wildman–Crippen LogP) is 5.59. The number of carbonyl (C=O) groups excluding carboxylic acids is 1. The van der Waals surface area contributed by atoms with Crippen LogP contribution in [0.15, 0.2) is 72.8 Å². The van der Waals surface area contributed by atoms with Crippen molar-refractivity contribution in [1.29, 1.82) is 0 Å². The van der Waals surface area contributed by atoms with E-state index in [0.29, 0.717) is 19.7 Å². The average molecular weight is 491 g/mol. The Bertz CT molecular complexity index is 1190. The number of halogens is 1. The fourth-order valence-corrected chi connectivity index (χ4v) is 4.39. The molecule has 5 nitrogen and oxygen atoms in total. The summed E-state index contributed by atoms with van der Waals surface area (Å²) in [5, 5.41) is 0.755. The van der Waals surface area contributed by atoms with Gasteiger partial charge in [-0.1, -0.05) is 41.9 Å². The molecule has 3 aromatic rings. The molecule has 1 saturated heterocycles. The molecule has 0 aliphatic carbocycles. The standard InChI is InChI=1S/C29H31ClN2O3/c1-22-5-3-8-27(17-22)35-21-25-18-23(9-11-28(25)34-2)10-12-29(33)32-15-13-31(14-16-32)20-24-6-4-7-26(30)19-24/h3-12,17-19H,13-16,20-21H2,1-2H3/b12-10+. The highest BCUT2D eigenvalue weighted by Gasteiger charge is 2.19. The van der Waals surface area contributed by atoms with Crippen molar-refractivity contribution in [3.05, 3.63) is 100 Å². The number of amides is 1. The first kappa shape index (κ1) is 24.8. The van der Waals surface area contributed by atoms with Gasteiger partial charge in [-0.25, -0.2) is 0 Å². The summed E-state index contributed by atoms with van der Waals surface area (Å²) in [6.07, 6.45) is 3.51. The van der Waals surface area contributed by atoms with Crippen molar-refractivity contribution in [3.8, 4) is 11.5 Å². The van der Waals surface area contributed by atoms with Crippen LogP contribution >= 0.6 is 11.6 Å². The predicted molar refractivity (Wildman–Crippen MR) is 141 cm³/mol. The van der Waals surface area contributed by atoms with E-state index in [1.165, 1.54) is 5.56 Å². The summed E-state index contributed by atoms with van der Waals surface area (Å²) >= 11 is 6.10. The minimum atomic E-state index is 0.0285. The Morgan fingerprint density at radius 2 is 1.80 bits per heavy atom. The highest BCUT2D eigenvalue weighted by Crippen LogP contribution is 2.23. The third-order valence-electron chi connectivity index (χ3n) is 6.09. The highest BCUT2D eigenvalue weighted by molar-refractivity contribution is 6.30. The molecule has 35 heavy (non-hydrogen) atoms. The molecule has 6 heteroatoms. The number of aryl methyl sites for hydroxylation is 1. The number of hydrogen-bond donors (Lipinski definition) is 0. The summed E-state index contributed by atoms with van der Waals surface area (Å²) in [5.74, 6) is 1.61. The molecular weight excluding hydrogens is 460 g/mol. The van der Waals surface area contributed by atoms with Crippen LogP contribution in [0, 0.1) is 6.92 Å². The lowest BCUT2D eigenvalue weighted by Gasteiger charge is -2.34. The fourth-order valence-electron chi connectivity index (χ4n) is 4.17. The van der Waals surface area contributed by atoms with Crippen LogP contribution in [0.3, 0.4) is 0 Å². The zero-order chi connectivity index (χ0) is 24.6. The molecule has 0 bridgehead atoms. The molecule has 1 aliphatic heterocycles. The Morgan fingerprint density at radius 3 is 2.54 bits per heavy atom. The maximum absolute atomic E-state index is 12.8. The summed E-state index contributed by atoms with van der Waals surface area (Å²) in [6.45, 7) is 6.37. The van der Waals surface area contributed by atoms with Crippen LogP contribution in [-0.4, -0.2) is 49.0 Å². The molecule has 182 valence electrons. The van der Waals surface area contributed by atoms with Crippen molar-refractivity contribution < 1.29 is 14.3 Å². The van der Waals surface area contributed by atoms with Crippen molar-refractivity contribution in [3.63, 3.8) is 0 Å². The van der Waals surface area contributed by atoms with Crippen LogP contribution in [0.4, 0.5) is 0 Å². The first-order valence-electron chi connectivity index (χ1n) is 11.8. The van der Waals surface area contributed by atoms with Gasteiger partial charge in [0.05, 0.1) is 7.11 Å². The van der Waals surface area contributed by atoms with Gasteiger partial charge in [-0.2, -0.15) is 0 Å². The number of nitrogens with zero attached hydrogens (tertiary/aromatic N) is 2. The summed E-state index contributed by atoms with van der Waals surface area (Å²) < 4.78 is 11.5. The maximum Gasteiger partial charge on any atom is 0.246 e. The minimum absolute atomic E-state index is 0.0285. The van der Waals surface area contributed by atoms with Crippen LogP contribution in [0.25, 0.3) is 6.08 Å². The number of ether oxygens (including phenoxy) is 2. The summed E-state index contributed by atoms with van der Waals surface area (Å²) in [4.78, 5) is 17.0. The van der Waals surface area contributed by atoms with Crippen molar-refractivity contribution in [2.45, 2.75) is 20.1 Å². The second-order valence-corrected chi connectivity index (χ2v) is 9.18. The van der Waals surface area contributed by atoms with Crippen LogP contribution in [0.1, 0.15) is 22.3 Å². The smallest absolute Gasteiger partial charge is 0.246 e. The van der Waals surface area contributed by atoms with Crippen molar-refractivity contribution in [2.75, 3.05) is 33.3 Å². The third-order valence-corrected chi connectivity index (χ3v) is 6.32. The van der Waals surface area contributed by atoms with Crippen molar-refractivity contribution in [1.82, 2.24) is 9.80 Å². The van der Waals surface area contributed by atoms with E-state index in [1.807, 2.05) is 78.6 Å². The van der Waals surface area contributed by atoms with Crippen LogP contribution < -0.4 is 9.47 Å². The molecule has 0 atom stereocenters. The van der Waals surface area contributed by atoms with Crippen LogP contribution in [-0.2, 0) is 17.9 Å². The molecule has 0 aromatic heterocycles. The highest BCUT2D eigenvalue weighted by atomic mass is 35.5. The molecule has 0 N–H and O–H groups in total. The molecule has 0 spiro atoms. The molecule has 1 aliphatic rings. The van der Waals surface area contributed by atoms with Gasteiger partial charge in [0, 0.05) is 49.4 Å². The molecule has 4 rings (SSSR count). The number of methoxy groups -OCH3 is 1. The lowest BCUT2D eigenvalue weighted by Crippen LogP contribution is -2.47. The average Bonchev–Trinajstić information content (AvgIpc) is 2.86. The molecule has 1 heterocycles. The molecular formula is C29H31ClN2O3. The first-order chi connectivity index (χ1) is 17.0. The van der Waals surface area contributed by atoms with E-state index in [0.717, 1.165) is 52.8 Å². The van der Waals surface area contributed by atoms with Gasteiger partial charge in [-0.3, -0.25) is 9.69 Å². The Kier molecular flexibility index (Phi) is 8.45. The largest absolute Gasteiger partial charge is 0.496 e. The zero-order valence-corrected chi connectivity index (χ0v) is 21.0. The second kappa shape index (κ2) is 11.9. The first-order valence-corrected chi connectivity index (χ1v) is 12.2. The number of hydrogen-bond acceptors (Lipinski definition) is 4. The maximum atomic E-state index is 12.8. The van der Waals surface area contributed by atoms with E-state index in [9.17, 15) is 4.79 Å². The molecule has 0 radical (unpaired) electrons. The van der Waals surface area contributed by atoms with Crippen molar-refractivity contribution in [2.24, 2.45) is 0 Å². The van der Waals surface area contributed by atoms with Crippen LogP contribution in [0.5, 0.6) is 11.5 Å². The molecule has 0 saturated carbocycles. The molecule has 0 unspecified atom stereocenters. The summed E-state index contributed by atoms with van der Waals surface area (Å²) in [7, 11) is 1.65. The van der Waals surface area contributed by atoms with E-state index >= 15 is 0 Å². The van der Waals surface area contributed by atoms with Gasteiger partial charge in [-0.15, -0.1) is 0 Å². The fraction of sp³-hybridized carbons (Fsp3) is 0.276. The molecule has 1 amide bonds. The summed E-state index contributed by atoms with van der Waals surface area (Å²) in [5.41, 5.74) is 4.20. The summed E-state index contributed by atoms with van der Waals surface area (Å²) in [6, 6.07) is 21.8. The van der Waals surface area contributed by atoms with Gasteiger partial charge >= 0.3 is 0 Å². The number of benzene rings is 3. The topological polar surface area (TPSA) is 42.0 Å². The molecule has 1 fully saturated rings. The Labute approximate surface area is 212 Å². The van der Waals surface area contributed by atoms with Gasteiger partial charge in [0.15, 0.2) is 0 Å². The lowest BCUT2D eigenvalue weighted by atomic mass is 10.1. The Morgan fingerprint density at radius 1 is 1.00 bits per heavy atom. The van der Waals surface area contributed by atoms with E-state index < -0.39 is 0 Å². The number of rotatable bonds is 8. The number of carbonyl (C=O) groups is 1. The quantitative estimate of drug-likeness (QED) is 0.386. The van der Waals surface area contributed by atoms with E-state index in [-0.39, 0.29) is 5.91 Å². The van der Waals surface area contributed by atoms with Gasteiger partial charge < -0.3 is 14.4 Å². The SMILES string of the molecule is COc1ccc(/C=C/C(=O)N2CCN(Cc3cccc(Cl)c3)CC2)cc1COc1cccc(C)c1. The van der Waals surface area contributed by atoms with E-state index in [1.54, 1.807) is 13.2 Å². The Balaban J connectivity index is 1.32. The lowest BCUT2D eigenvalue weighted by molar-refractivity contribution is -0.127. The third kappa shape index (κ3) is 7.10. The van der Waals surface area contributed by atoms with E-state index in [2.05, 4.69) is 11.0 Å². The molecule has 3 aromatic carbocycles. The van der Waals surface area contributed by atoms with Crippen LogP contribution in [0.2, 0.25) is 5.02 Å².